The normalized spacial score (nSPS) is 11.8. The van der Waals surface area contributed by atoms with Gasteiger partial charge < -0.3 is 9.84 Å². The molecule has 0 aliphatic carbocycles. The highest BCUT2D eigenvalue weighted by molar-refractivity contribution is 7.95. The van der Waals surface area contributed by atoms with E-state index < -0.39 is 14.7 Å². The zero-order chi connectivity index (χ0) is 18.6. The Balaban J connectivity index is 2.56. The number of aromatic hydroxyl groups is 1. The Morgan fingerprint density at radius 1 is 1.28 bits per heavy atom. The van der Waals surface area contributed by atoms with Gasteiger partial charge in [-0.2, -0.15) is 5.26 Å². The van der Waals surface area contributed by atoms with Crippen LogP contribution in [-0.2, 0) is 9.84 Å². The van der Waals surface area contributed by atoms with Crippen LogP contribution < -0.4 is 4.74 Å². The molecule has 2 aromatic rings. The van der Waals surface area contributed by atoms with Gasteiger partial charge in [-0.1, -0.05) is 29.3 Å². The zero-order valence-corrected chi connectivity index (χ0v) is 15.4. The lowest BCUT2D eigenvalue weighted by molar-refractivity contribution is 0.318. The van der Waals surface area contributed by atoms with Gasteiger partial charge in [0.2, 0.25) is 9.84 Å². The molecular formula is C17H13Cl2NO4S. The molecule has 0 aliphatic heterocycles. The molecule has 0 spiro atoms. The maximum Gasteiger partial charge on any atom is 0.218 e. The highest BCUT2D eigenvalue weighted by atomic mass is 35.5. The number of sulfone groups is 1. The summed E-state index contributed by atoms with van der Waals surface area (Å²) in [7, 11) is -4.16. The van der Waals surface area contributed by atoms with E-state index in [2.05, 4.69) is 0 Å². The minimum absolute atomic E-state index is 0.0359. The average Bonchev–Trinajstić information content (AvgIpc) is 2.57. The topological polar surface area (TPSA) is 87.4 Å². The average molecular weight is 398 g/mol. The number of phenols is 1. The van der Waals surface area contributed by atoms with Crippen LogP contribution in [0.15, 0.2) is 46.2 Å². The Morgan fingerprint density at radius 3 is 2.64 bits per heavy atom. The highest BCUT2D eigenvalue weighted by Crippen LogP contribution is 2.32. The number of nitrogens with zero attached hydrogens (tertiary/aromatic N) is 1. The van der Waals surface area contributed by atoms with Gasteiger partial charge in [-0.25, -0.2) is 8.42 Å². The molecule has 0 saturated carbocycles. The first-order valence-corrected chi connectivity index (χ1v) is 9.31. The van der Waals surface area contributed by atoms with Gasteiger partial charge in [0.1, 0.15) is 11.0 Å². The molecule has 130 valence electrons. The fraction of sp³-hybridized carbons (Fsp3) is 0.118. The molecule has 0 amide bonds. The molecule has 0 saturated heterocycles. The van der Waals surface area contributed by atoms with Gasteiger partial charge in [0, 0.05) is 5.02 Å². The van der Waals surface area contributed by atoms with Crippen molar-refractivity contribution in [3.63, 3.8) is 0 Å². The Hall–Kier alpha value is -2.20. The smallest absolute Gasteiger partial charge is 0.218 e. The maximum atomic E-state index is 12.7. The summed E-state index contributed by atoms with van der Waals surface area (Å²) in [6, 6.07) is 9.91. The third-order valence-electron chi connectivity index (χ3n) is 3.16. The van der Waals surface area contributed by atoms with Crippen LogP contribution in [0.3, 0.4) is 0 Å². The number of benzene rings is 2. The van der Waals surface area contributed by atoms with Crippen LogP contribution in [0.4, 0.5) is 0 Å². The fourth-order valence-electron chi connectivity index (χ4n) is 2.01. The predicted molar refractivity (Wildman–Crippen MR) is 96.5 cm³/mol. The van der Waals surface area contributed by atoms with Gasteiger partial charge in [0.05, 0.1) is 16.5 Å². The summed E-state index contributed by atoms with van der Waals surface area (Å²) in [6.07, 6.45) is 1.18. The van der Waals surface area contributed by atoms with Crippen molar-refractivity contribution in [3.05, 3.63) is 56.9 Å². The van der Waals surface area contributed by atoms with E-state index >= 15 is 0 Å². The van der Waals surface area contributed by atoms with E-state index in [1.807, 2.05) is 0 Å². The van der Waals surface area contributed by atoms with E-state index in [-0.39, 0.29) is 26.4 Å². The molecule has 0 aromatic heterocycles. The number of ether oxygens (including phenoxy) is 1. The second-order valence-electron chi connectivity index (χ2n) is 4.86. The summed E-state index contributed by atoms with van der Waals surface area (Å²) in [5.74, 6) is 0.102. The van der Waals surface area contributed by atoms with E-state index in [4.69, 9.17) is 27.9 Å². The van der Waals surface area contributed by atoms with Crippen LogP contribution in [-0.4, -0.2) is 20.1 Å². The number of hydrogen-bond acceptors (Lipinski definition) is 5. The van der Waals surface area contributed by atoms with Crippen molar-refractivity contribution < 1.29 is 18.3 Å². The third-order valence-corrected chi connectivity index (χ3v) is 5.55. The number of rotatable bonds is 5. The lowest BCUT2D eigenvalue weighted by Gasteiger charge is -2.08. The molecule has 0 radical (unpaired) electrons. The molecule has 5 nitrogen and oxygen atoms in total. The summed E-state index contributed by atoms with van der Waals surface area (Å²) in [5, 5.41) is 19.2. The second-order valence-corrected chi connectivity index (χ2v) is 7.59. The summed E-state index contributed by atoms with van der Waals surface area (Å²) in [6.45, 7) is 2.07. The Kier molecular flexibility index (Phi) is 5.96. The molecule has 0 fully saturated rings. The zero-order valence-electron chi connectivity index (χ0n) is 13.0. The molecule has 0 atom stereocenters. The third kappa shape index (κ3) is 4.26. The fourth-order valence-corrected chi connectivity index (χ4v) is 3.93. The van der Waals surface area contributed by atoms with Crippen LogP contribution >= 0.6 is 23.2 Å². The van der Waals surface area contributed by atoms with Gasteiger partial charge in [-0.3, -0.25) is 0 Å². The lowest BCUT2D eigenvalue weighted by Crippen LogP contribution is -2.04. The molecule has 2 aromatic carbocycles. The maximum absolute atomic E-state index is 12.7. The molecule has 0 aliphatic rings. The van der Waals surface area contributed by atoms with Crippen molar-refractivity contribution in [2.45, 2.75) is 11.8 Å². The molecular weight excluding hydrogens is 385 g/mol. The van der Waals surface area contributed by atoms with E-state index in [1.54, 1.807) is 13.0 Å². The first-order chi connectivity index (χ1) is 11.8. The molecule has 0 unspecified atom stereocenters. The predicted octanol–water partition coefficient (Wildman–Crippen LogP) is 4.44. The van der Waals surface area contributed by atoms with E-state index in [0.717, 1.165) is 0 Å². The van der Waals surface area contributed by atoms with Crippen molar-refractivity contribution in [1.82, 2.24) is 0 Å². The van der Waals surface area contributed by atoms with Gasteiger partial charge in [-0.05, 0) is 48.9 Å². The number of halogens is 2. The summed E-state index contributed by atoms with van der Waals surface area (Å²) >= 11 is 11.8. The van der Waals surface area contributed by atoms with Crippen molar-refractivity contribution in [2.75, 3.05) is 6.61 Å². The summed E-state index contributed by atoms with van der Waals surface area (Å²) in [5.41, 5.74) is 0.375. The van der Waals surface area contributed by atoms with Crippen LogP contribution in [0.1, 0.15) is 12.5 Å². The molecule has 8 heteroatoms. The van der Waals surface area contributed by atoms with Crippen LogP contribution in [0.5, 0.6) is 11.5 Å². The second kappa shape index (κ2) is 7.79. The van der Waals surface area contributed by atoms with Crippen molar-refractivity contribution >= 4 is 39.1 Å². The minimum Gasteiger partial charge on any atom is -0.504 e. The SMILES string of the molecule is CCOc1cc(/C=C(/C#N)S(=O)(=O)c2cc(Cl)ccc2Cl)ccc1O. The summed E-state index contributed by atoms with van der Waals surface area (Å²) in [4.78, 5) is -0.761. The van der Waals surface area contributed by atoms with E-state index in [0.29, 0.717) is 12.2 Å². The minimum atomic E-state index is -4.16. The number of nitriles is 1. The van der Waals surface area contributed by atoms with Crippen LogP contribution in [0.2, 0.25) is 10.0 Å². The highest BCUT2D eigenvalue weighted by Gasteiger charge is 2.24. The summed E-state index contributed by atoms with van der Waals surface area (Å²) < 4.78 is 30.7. The quantitative estimate of drug-likeness (QED) is 0.753. The Bertz CT molecular complexity index is 979. The lowest BCUT2D eigenvalue weighted by atomic mass is 10.2. The van der Waals surface area contributed by atoms with Gasteiger partial charge in [0.15, 0.2) is 11.5 Å². The number of hydrogen-bond donors (Lipinski definition) is 1. The van der Waals surface area contributed by atoms with Crippen molar-refractivity contribution in [3.8, 4) is 17.6 Å². The van der Waals surface area contributed by atoms with Gasteiger partial charge >= 0.3 is 0 Å². The van der Waals surface area contributed by atoms with Crippen LogP contribution in [0, 0.1) is 11.3 Å². The number of allylic oxidation sites excluding steroid dienone is 1. The standard InChI is InChI=1S/C17H13Cl2NO4S/c1-2-24-16-8-11(3-6-15(16)21)7-13(10-20)25(22,23)17-9-12(18)4-5-14(17)19/h3-9,21H,2H2,1H3/b13-7-. The molecule has 0 heterocycles. The molecule has 2 rings (SSSR count). The Morgan fingerprint density at radius 2 is 2.00 bits per heavy atom. The number of phenolic OH excluding ortho intramolecular Hbond substituents is 1. The van der Waals surface area contributed by atoms with Crippen molar-refractivity contribution in [2.24, 2.45) is 0 Å². The molecule has 1 N–H and O–H groups in total. The van der Waals surface area contributed by atoms with E-state index in [9.17, 15) is 18.8 Å². The van der Waals surface area contributed by atoms with Gasteiger partial charge in [0.25, 0.3) is 0 Å². The molecule has 0 bridgehead atoms. The Labute approximate surface area is 155 Å². The van der Waals surface area contributed by atoms with Gasteiger partial charge in [-0.15, -0.1) is 0 Å². The van der Waals surface area contributed by atoms with Crippen LogP contribution in [0.25, 0.3) is 6.08 Å². The first-order valence-electron chi connectivity index (χ1n) is 7.07. The monoisotopic (exact) mass is 397 g/mol. The largest absolute Gasteiger partial charge is 0.504 e. The molecule has 25 heavy (non-hydrogen) atoms. The van der Waals surface area contributed by atoms with E-state index in [1.165, 1.54) is 42.5 Å². The first kappa shape index (κ1) is 19.1. The van der Waals surface area contributed by atoms with Crippen molar-refractivity contribution in [1.29, 1.82) is 5.26 Å².